The summed E-state index contributed by atoms with van der Waals surface area (Å²) in [7, 11) is 0. The van der Waals surface area contributed by atoms with Gasteiger partial charge in [-0.2, -0.15) is 5.10 Å². The fourth-order valence-electron chi connectivity index (χ4n) is 2.02. The van der Waals surface area contributed by atoms with Crippen molar-refractivity contribution in [1.82, 2.24) is 0 Å². The Bertz CT molecular complexity index is 840. The minimum absolute atomic E-state index is 0.684. The average Bonchev–Trinajstić information content (AvgIpc) is 3.00. The molecular formula is C18H14ClIN2O. The van der Waals surface area contributed by atoms with E-state index in [1.807, 2.05) is 49.4 Å². The standard InChI is InChI=1S/C18H14ClIN2O/c1-12-2-7-15(10-17(12)19)22-21-11-16-8-9-18(23-16)13-3-5-14(20)6-4-13/h2-11,22H,1H3. The number of furan rings is 1. The Balaban J connectivity index is 1.68. The molecule has 0 fully saturated rings. The Morgan fingerprint density at radius 2 is 1.87 bits per heavy atom. The fourth-order valence-corrected chi connectivity index (χ4v) is 2.56. The topological polar surface area (TPSA) is 37.5 Å². The number of anilines is 1. The number of nitrogens with zero attached hydrogens (tertiary/aromatic N) is 1. The molecule has 3 nitrogen and oxygen atoms in total. The molecule has 0 atom stereocenters. The van der Waals surface area contributed by atoms with Crippen LogP contribution in [0.25, 0.3) is 11.3 Å². The maximum absolute atomic E-state index is 6.08. The molecule has 5 heteroatoms. The van der Waals surface area contributed by atoms with E-state index in [-0.39, 0.29) is 0 Å². The van der Waals surface area contributed by atoms with Gasteiger partial charge in [-0.15, -0.1) is 0 Å². The summed E-state index contributed by atoms with van der Waals surface area (Å²) in [5.74, 6) is 1.51. The second-order valence-corrected chi connectivity index (χ2v) is 6.70. The first kappa shape index (κ1) is 16.1. The Hall–Kier alpha value is -1.79. The minimum atomic E-state index is 0.684. The van der Waals surface area contributed by atoms with E-state index in [4.69, 9.17) is 16.0 Å². The van der Waals surface area contributed by atoms with Gasteiger partial charge in [0.15, 0.2) is 0 Å². The fraction of sp³-hybridized carbons (Fsp3) is 0.0556. The van der Waals surface area contributed by atoms with Crippen LogP contribution in [0.5, 0.6) is 0 Å². The molecule has 2 aromatic carbocycles. The van der Waals surface area contributed by atoms with Crippen LogP contribution < -0.4 is 5.43 Å². The summed E-state index contributed by atoms with van der Waals surface area (Å²) < 4.78 is 6.97. The third-order valence-corrected chi connectivity index (χ3v) is 4.44. The smallest absolute Gasteiger partial charge is 0.147 e. The Kier molecular flexibility index (Phi) is 5.03. The highest BCUT2D eigenvalue weighted by atomic mass is 127. The molecule has 0 aliphatic rings. The predicted molar refractivity (Wildman–Crippen MR) is 104 cm³/mol. The Labute approximate surface area is 153 Å². The predicted octanol–water partition coefficient (Wildman–Crippen LogP) is 5.96. The lowest BCUT2D eigenvalue weighted by atomic mass is 10.2. The van der Waals surface area contributed by atoms with Gasteiger partial charge in [0.05, 0.1) is 11.9 Å². The van der Waals surface area contributed by atoms with Crippen LogP contribution in [-0.2, 0) is 0 Å². The van der Waals surface area contributed by atoms with Gasteiger partial charge in [-0.3, -0.25) is 5.43 Å². The van der Waals surface area contributed by atoms with Crippen LogP contribution in [0.3, 0.4) is 0 Å². The number of halogens is 2. The minimum Gasteiger partial charge on any atom is -0.455 e. The van der Waals surface area contributed by atoms with E-state index < -0.39 is 0 Å². The lowest BCUT2D eigenvalue weighted by Gasteiger charge is -2.02. The number of rotatable bonds is 4. The first-order valence-corrected chi connectivity index (χ1v) is 8.48. The molecule has 0 spiro atoms. The van der Waals surface area contributed by atoms with Crippen molar-refractivity contribution in [3.8, 4) is 11.3 Å². The summed E-state index contributed by atoms with van der Waals surface area (Å²) >= 11 is 8.36. The van der Waals surface area contributed by atoms with Gasteiger partial charge in [0.1, 0.15) is 11.5 Å². The second-order valence-electron chi connectivity index (χ2n) is 5.04. The molecule has 0 unspecified atom stereocenters. The van der Waals surface area contributed by atoms with Crippen molar-refractivity contribution in [2.45, 2.75) is 6.92 Å². The van der Waals surface area contributed by atoms with Crippen LogP contribution in [0.1, 0.15) is 11.3 Å². The van der Waals surface area contributed by atoms with Gasteiger partial charge in [-0.25, -0.2) is 0 Å². The van der Waals surface area contributed by atoms with E-state index in [1.54, 1.807) is 6.21 Å². The van der Waals surface area contributed by atoms with Gasteiger partial charge in [0.25, 0.3) is 0 Å². The van der Waals surface area contributed by atoms with Gasteiger partial charge >= 0.3 is 0 Å². The molecule has 0 amide bonds. The zero-order valence-electron chi connectivity index (χ0n) is 12.4. The zero-order valence-corrected chi connectivity index (χ0v) is 15.3. The first-order chi connectivity index (χ1) is 11.1. The van der Waals surface area contributed by atoms with Gasteiger partial charge < -0.3 is 4.42 Å². The van der Waals surface area contributed by atoms with Gasteiger partial charge in [-0.05, 0) is 71.5 Å². The van der Waals surface area contributed by atoms with E-state index in [9.17, 15) is 0 Å². The third kappa shape index (κ3) is 4.14. The molecule has 3 rings (SSSR count). The number of nitrogens with one attached hydrogen (secondary N) is 1. The molecule has 1 N–H and O–H groups in total. The molecule has 0 saturated carbocycles. The second kappa shape index (κ2) is 7.19. The van der Waals surface area contributed by atoms with Gasteiger partial charge in [0.2, 0.25) is 0 Å². The number of aryl methyl sites for hydroxylation is 1. The van der Waals surface area contributed by atoms with Gasteiger partial charge in [-0.1, -0.05) is 29.8 Å². The van der Waals surface area contributed by atoms with E-state index in [0.29, 0.717) is 10.8 Å². The number of hydrogen-bond donors (Lipinski definition) is 1. The van der Waals surface area contributed by atoms with Crippen molar-refractivity contribution in [3.05, 3.63) is 74.5 Å². The summed E-state index contributed by atoms with van der Waals surface area (Å²) in [6.07, 6.45) is 1.64. The summed E-state index contributed by atoms with van der Waals surface area (Å²) in [6, 6.07) is 17.7. The maximum atomic E-state index is 6.08. The average molecular weight is 437 g/mol. The number of hydrazone groups is 1. The summed E-state index contributed by atoms with van der Waals surface area (Å²) in [6.45, 7) is 1.96. The molecule has 23 heavy (non-hydrogen) atoms. The van der Waals surface area contributed by atoms with Crippen LogP contribution in [0.15, 0.2) is 64.1 Å². The highest BCUT2D eigenvalue weighted by Crippen LogP contribution is 2.23. The van der Waals surface area contributed by atoms with Crippen molar-refractivity contribution in [1.29, 1.82) is 0 Å². The Morgan fingerprint density at radius 1 is 1.09 bits per heavy atom. The van der Waals surface area contributed by atoms with E-state index in [2.05, 4.69) is 45.3 Å². The molecule has 3 aromatic rings. The van der Waals surface area contributed by atoms with Crippen molar-refractivity contribution in [2.24, 2.45) is 5.10 Å². The van der Waals surface area contributed by atoms with Crippen LogP contribution in [0, 0.1) is 10.5 Å². The number of hydrogen-bond acceptors (Lipinski definition) is 3. The van der Waals surface area contributed by atoms with Crippen LogP contribution in [0.4, 0.5) is 5.69 Å². The lowest BCUT2D eigenvalue weighted by molar-refractivity contribution is 0.575. The molecule has 1 heterocycles. The van der Waals surface area contributed by atoms with E-state index in [1.165, 1.54) is 3.57 Å². The van der Waals surface area contributed by atoms with Gasteiger partial charge in [0, 0.05) is 14.2 Å². The monoisotopic (exact) mass is 436 g/mol. The molecule has 1 aromatic heterocycles. The molecular weight excluding hydrogens is 423 g/mol. The summed E-state index contributed by atoms with van der Waals surface area (Å²) in [5, 5.41) is 4.89. The summed E-state index contributed by atoms with van der Waals surface area (Å²) in [4.78, 5) is 0. The molecule has 116 valence electrons. The van der Waals surface area contributed by atoms with Crippen LogP contribution >= 0.6 is 34.2 Å². The molecule has 0 aliphatic carbocycles. The maximum Gasteiger partial charge on any atom is 0.147 e. The van der Waals surface area contributed by atoms with Crippen molar-refractivity contribution >= 4 is 46.1 Å². The molecule has 0 aliphatic heterocycles. The van der Waals surface area contributed by atoms with Crippen molar-refractivity contribution in [3.63, 3.8) is 0 Å². The highest BCUT2D eigenvalue weighted by molar-refractivity contribution is 14.1. The summed E-state index contributed by atoms with van der Waals surface area (Å²) in [5.41, 5.74) is 5.86. The van der Waals surface area contributed by atoms with Crippen molar-refractivity contribution in [2.75, 3.05) is 5.43 Å². The van der Waals surface area contributed by atoms with Crippen LogP contribution in [0.2, 0.25) is 5.02 Å². The Morgan fingerprint density at radius 3 is 2.61 bits per heavy atom. The van der Waals surface area contributed by atoms with E-state index >= 15 is 0 Å². The first-order valence-electron chi connectivity index (χ1n) is 7.03. The quantitative estimate of drug-likeness (QED) is 0.311. The molecule has 0 radical (unpaired) electrons. The lowest BCUT2D eigenvalue weighted by Crippen LogP contribution is -1.90. The van der Waals surface area contributed by atoms with Crippen molar-refractivity contribution < 1.29 is 4.42 Å². The highest BCUT2D eigenvalue weighted by Gasteiger charge is 2.03. The molecule has 0 saturated heterocycles. The van der Waals surface area contributed by atoms with Crippen LogP contribution in [-0.4, -0.2) is 6.21 Å². The third-order valence-electron chi connectivity index (χ3n) is 3.31. The molecule has 0 bridgehead atoms. The van der Waals surface area contributed by atoms with E-state index in [0.717, 1.165) is 22.6 Å². The normalized spacial score (nSPS) is 11.1. The zero-order chi connectivity index (χ0) is 16.2. The number of benzene rings is 2. The largest absolute Gasteiger partial charge is 0.455 e. The SMILES string of the molecule is Cc1ccc(NN=Cc2ccc(-c3ccc(I)cc3)o2)cc1Cl.